The number of likely N-dealkylation sites (tertiary alicyclic amines) is 1. The third-order valence-corrected chi connectivity index (χ3v) is 8.48. The summed E-state index contributed by atoms with van der Waals surface area (Å²) in [4.78, 5) is 38.6. The number of nitrogens with zero attached hydrogens (tertiary/aromatic N) is 5. The van der Waals surface area contributed by atoms with E-state index in [2.05, 4.69) is 20.3 Å². The van der Waals surface area contributed by atoms with Gasteiger partial charge in [-0.15, -0.1) is 11.3 Å². The molecule has 5 heterocycles. The molecule has 4 aromatic rings. The predicted octanol–water partition coefficient (Wildman–Crippen LogP) is 6.77. The zero-order valence-corrected chi connectivity index (χ0v) is 27.7. The summed E-state index contributed by atoms with van der Waals surface area (Å²) in [6.07, 6.45) is 0.751. The van der Waals surface area contributed by atoms with Crippen molar-refractivity contribution < 1.29 is 41.7 Å². The van der Waals surface area contributed by atoms with E-state index in [4.69, 9.17) is 18.9 Å². The smallest absolute Gasteiger partial charge is 0.412 e. The molecule has 2 amide bonds. The maximum absolute atomic E-state index is 16.6. The van der Waals surface area contributed by atoms with Crippen LogP contribution < -0.4 is 10.1 Å². The molecular weight excluding hydrogens is 653 g/mol. The van der Waals surface area contributed by atoms with Gasteiger partial charge in [-0.25, -0.2) is 27.7 Å². The Morgan fingerprint density at radius 3 is 2.44 bits per heavy atom. The van der Waals surface area contributed by atoms with Crippen LogP contribution in [0.3, 0.4) is 0 Å². The molecule has 0 bridgehead atoms. The molecule has 6 rings (SSSR count). The van der Waals surface area contributed by atoms with Crippen molar-refractivity contribution >= 4 is 49.5 Å². The first kappa shape index (κ1) is 33.2. The van der Waals surface area contributed by atoms with Crippen LogP contribution >= 0.6 is 11.3 Å². The van der Waals surface area contributed by atoms with Crippen LogP contribution in [0.2, 0.25) is 0 Å². The Kier molecular flexibility index (Phi) is 8.11. The maximum atomic E-state index is 16.6. The molecule has 12 nitrogen and oxygen atoms in total. The summed E-state index contributed by atoms with van der Waals surface area (Å²) in [6.45, 7) is 9.15. The number of ether oxygens (including phenoxy) is 4. The van der Waals surface area contributed by atoms with E-state index in [-0.39, 0.29) is 69.7 Å². The standard InChI is InChI=1S/C32H31F3N6O6S/c1-30(2,3)46-28(42)40-26-15(7-36)21-24(37-9-19(33)25(21)48-26)20-18-11-44-10-17(18)16-8-38-27(39-23(16)22(20)34)45-14-32(35)12-41(13-32)29(43)47-31(4,5)6/h8-9H,10-14H2,1-6H3,(H,40,42). The quantitative estimate of drug-likeness (QED) is 0.239. The lowest BCUT2D eigenvalue weighted by atomic mass is 9.94. The lowest BCUT2D eigenvalue weighted by Crippen LogP contribution is -2.64. The molecule has 2 aliphatic rings. The van der Waals surface area contributed by atoms with Gasteiger partial charge in [0, 0.05) is 22.5 Å². The Morgan fingerprint density at radius 2 is 1.77 bits per heavy atom. The Hall–Kier alpha value is -4.75. The highest BCUT2D eigenvalue weighted by Crippen LogP contribution is 2.46. The van der Waals surface area contributed by atoms with Crippen molar-refractivity contribution in [2.45, 2.75) is 71.6 Å². The number of hydrogen-bond donors (Lipinski definition) is 1. The fourth-order valence-electron chi connectivity index (χ4n) is 5.44. The van der Waals surface area contributed by atoms with Crippen LogP contribution in [0, 0.1) is 23.0 Å². The van der Waals surface area contributed by atoms with E-state index in [0.717, 1.165) is 17.5 Å². The number of rotatable bonds is 5. The Labute approximate surface area is 276 Å². The molecule has 0 atom stereocenters. The van der Waals surface area contributed by atoms with E-state index in [1.165, 1.54) is 11.1 Å². The normalized spacial score (nSPS) is 15.5. The monoisotopic (exact) mass is 684 g/mol. The molecule has 0 unspecified atom stereocenters. The lowest BCUT2D eigenvalue weighted by molar-refractivity contribution is -0.0696. The highest BCUT2D eigenvalue weighted by Gasteiger charge is 2.48. The van der Waals surface area contributed by atoms with Crippen LogP contribution in [-0.4, -0.2) is 68.6 Å². The van der Waals surface area contributed by atoms with Crippen LogP contribution in [0.15, 0.2) is 12.4 Å². The number of aromatic nitrogens is 3. The molecule has 1 saturated heterocycles. The largest absolute Gasteiger partial charge is 0.460 e. The van der Waals surface area contributed by atoms with Crippen molar-refractivity contribution in [3.05, 3.63) is 40.7 Å². The number of benzene rings is 1. The molecule has 1 fully saturated rings. The van der Waals surface area contributed by atoms with E-state index in [0.29, 0.717) is 16.5 Å². The molecule has 16 heteroatoms. The number of nitriles is 1. The minimum absolute atomic E-state index is 0.00313. The van der Waals surface area contributed by atoms with Crippen molar-refractivity contribution in [2.75, 3.05) is 25.0 Å². The molecule has 48 heavy (non-hydrogen) atoms. The summed E-state index contributed by atoms with van der Waals surface area (Å²) in [6, 6.07) is 1.67. The average Bonchev–Trinajstić information content (AvgIpc) is 3.59. The number of carbonyl (C=O) groups excluding carboxylic acids is 2. The first-order valence-electron chi connectivity index (χ1n) is 14.9. The van der Waals surface area contributed by atoms with E-state index in [1.807, 2.05) is 6.07 Å². The fourth-order valence-corrected chi connectivity index (χ4v) is 6.48. The first-order valence-corrected chi connectivity index (χ1v) is 15.7. The second-order valence-electron chi connectivity index (χ2n) is 13.5. The molecular formula is C32H31F3N6O6S. The van der Waals surface area contributed by atoms with Crippen molar-refractivity contribution in [2.24, 2.45) is 0 Å². The number of halogens is 3. The molecule has 252 valence electrons. The van der Waals surface area contributed by atoms with Gasteiger partial charge in [-0.3, -0.25) is 10.3 Å². The van der Waals surface area contributed by atoms with Gasteiger partial charge in [-0.2, -0.15) is 10.2 Å². The van der Waals surface area contributed by atoms with Crippen LogP contribution in [0.5, 0.6) is 6.01 Å². The number of amides is 2. The number of thiophene rings is 1. The predicted molar refractivity (Wildman–Crippen MR) is 168 cm³/mol. The number of fused-ring (bicyclic) bond motifs is 4. The van der Waals surface area contributed by atoms with E-state index in [1.54, 1.807) is 41.5 Å². The van der Waals surface area contributed by atoms with Gasteiger partial charge in [0.2, 0.25) is 0 Å². The van der Waals surface area contributed by atoms with Crippen molar-refractivity contribution in [3.63, 3.8) is 0 Å². The minimum Gasteiger partial charge on any atom is -0.460 e. The van der Waals surface area contributed by atoms with Gasteiger partial charge < -0.3 is 23.8 Å². The topological polar surface area (TPSA) is 149 Å². The lowest BCUT2D eigenvalue weighted by Gasteiger charge is -2.43. The van der Waals surface area contributed by atoms with Gasteiger partial charge in [0.15, 0.2) is 17.3 Å². The average molecular weight is 685 g/mol. The van der Waals surface area contributed by atoms with Crippen molar-refractivity contribution in [3.8, 4) is 23.3 Å². The molecule has 0 radical (unpaired) electrons. The van der Waals surface area contributed by atoms with Gasteiger partial charge in [0.05, 0.1) is 48.5 Å². The fraction of sp³-hybridized carbons (Fsp3) is 0.438. The number of nitrogens with one attached hydrogen (secondary N) is 1. The molecule has 1 N–H and O–H groups in total. The Morgan fingerprint density at radius 1 is 1.08 bits per heavy atom. The summed E-state index contributed by atoms with van der Waals surface area (Å²) in [7, 11) is 0. The van der Waals surface area contributed by atoms with Crippen LogP contribution in [0.25, 0.3) is 32.2 Å². The van der Waals surface area contributed by atoms with E-state index < -0.39 is 47.3 Å². The summed E-state index contributed by atoms with van der Waals surface area (Å²) in [5.74, 6) is -1.64. The summed E-state index contributed by atoms with van der Waals surface area (Å²) in [5.41, 5.74) is -2.94. The summed E-state index contributed by atoms with van der Waals surface area (Å²) in [5, 5.41) is 12.9. The number of carbonyl (C=O) groups is 2. The molecule has 3 aromatic heterocycles. The molecule has 0 aliphatic carbocycles. The maximum Gasteiger partial charge on any atom is 0.412 e. The van der Waals surface area contributed by atoms with Gasteiger partial charge in [0.25, 0.3) is 0 Å². The third kappa shape index (κ3) is 6.27. The third-order valence-electron chi connectivity index (χ3n) is 7.37. The Bertz CT molecular complexity index is 2030. The second-order valence-corrected chi connectivity index (χ2v) is 14.6. The summed E-state index contributed by atoms with van der Waals surface area (Å²) < 4.78 is 68.8. The zero-order chi connectivity index (χ0) is 34.8. The first-order chi connectivity index (χ1) is 22.5. The second kappa shape index (κ2) is 11.7. The number of pyridine rings is 1. The number of alkyl halides is 1. The highest BCUT2D eigenvalue weighted by molar-refractivity contribution is 7.23. The van der Waals surface area contributed by atoms with Crippen molar-refractivity contribution in [1.29, 1.82) is 5.26 Å². The highest BCUT2D eigenvalue weighted by atomic mass is 32.1. The number of hydrogen-bond acceptors (Lipinski definition) is 11. The van der Waals surface area contributed by atoms with Gasteiger partial charge in [-0.1, -0.05) is 0 Å². The van der Waals surface area contributed by atoms with Gasteiger partial charge >= 0.3 is 18.2 Å². The number of anilines is 1. The zero-order valence-electron chi connectivity index (χ0n) is 26.9. The van der Waals surface area contributed by atoms with Crippen LogP contribution in [-0.2, 0) is 27.4 Å². The van der Waals surface area contributed by atoms with Gasteiger partial charge in [0.1, 0.15) is 34.4 Å². The molecule has 0 saturated carbocycles. The molecule has 1 aromatic carbocycles. The Balaban J connectivity index is 1.36. The van der Waals surface area contributed by atoms with E-state index >= 15 is 13.2 Å². The molecule has 0 spiro atoms. The summed E-state index contributed by atoms with van der Waals surface area (Å²) >= 11 is 0.788. The van der Waals surface area contributed by atoms with E-state index in [9.17, 15) is 14.9 Å². The van der Waals surface area contributed by atoms with Crippen LogP contribution in [0.1, 0.15) is 58.2 Å². The van der Waals surface area contributed by atoms with Crippen LogP contribution in [0.4, 0.5) is 27.8 Å². The van der Waals surface area contributed by atoms with Crippen molar-refractivity contribution in [1.82, 2.24) is 19.9 Å². The van der Waals surface area contributed by atoms with Gasteiger partial charge in [-0.05, 0) is 52.7 Å². The minimum atomic E-state index is -1.90. The SMILES string of the molecule is CC(C)(C)OC(=O)Nc1sc2c(F)cnc(-c3c4c(c5cnc(OCC6(F)CN(C(=O)OC(C)(C)C)C6)nc5c3F)COC4)c2c1C#N. The molecule has 2 aliphatic heterocycles.